The fourth-order valence-electron chi connectivity index (χ4n) is 3.93. The van der Waals surface area contributed by atoms with E-state index in [9.17, 15) is 14.4 Å². The molecule has 1 heterocycles. The third-order valence-electron chi connectivity index (χ3n) is 5.39. The summed E-state index contributed by atoms with van der Waals surface area (Å²) < 4.78 is 1.91. The zero-order valence-corrected chi connectivity index (χ0v) is 18.2. The van der Waals surface area contributed by atoms with Crippen LogP contribution in [0.15, 0.2) is 72.8 Å². The molecule has 3 aromatic carbocycles. The number of rotatable bonds is 7. The minimum absolute atomic E-state index is 0.125. The van der Waals surface area contributed by atoms with Crippen molar-refractivity contribution in [3.63, 3.8) is 0 Å². The Labute approximate surface area is 190 Å². The highest BCUT2D eigenvalue weighted by Gasteiger charge is 2.26. The minimum atomic E-state index is -1.08. The number of nitrogens with two attached hydrogens (primary N) is 1. The van der Waals surface area contributed by atoms with E-state index in [4.69, 9.17) is 10.6 Å². The molecule has 0 spiro atoms. The molecule has 4 rings (SSSR count). The number of hydrogen-bond acceptors (Lipinski definition) is 5. The number of fused-ring (bicyclic) bond motifs is 1. The molecular formula is C26H22N2O5. The van der Waals surface area contributed by atoms with Crippen LogP contribution in [-0.4, -0.2) is 22.2 Å². The number of nitrogens with zero attached hydrogens (tertiary/aromatic N) is 1. The van der Waals surface area contributed by atoms with Crippen LogP contribution in [-0.2, 0) is 21.0 Å². The van der Waals surface area contributed by atoms with E-state index in [0.717, 1.165) is 16.7 Å². The van der Waals surface area contributed by atoms with E-state index in [2.05, 4.69) is 11.0 Å². The molecule has 7 nitrogen and oxygen atoms in total. The van der Waals surface area contributed by atoms with Crippen LogP contribution in [0.4, 0.5) is 0 Å². The average Bonchev–Trinajstić information content (AvgIpc) is 3.09. The van der Waals surface area contributed by atoms with Crippen LogP contribution in [0.1, 0.15) is 28.5 Å². The summed E-state index contributed by atoms with van der Waals surface area (Å²) in [5.74, 6) is -2.42. The number of carbonyl (C=O) groups is 3. The van der Waals surface area contributed by atoms with Gasteiger partial charge in [0.1, 0.15) is 0 Å². The van der Waals surface area contributed by atoms with E-state index >= 15 is 0 Å². The first kappa shape index (κ1) is 21.8. The van der Waals surface area contributed by atoms with Gasteiger partial charge >= 0.3 is 5.97 Å². The predicted octanol–water partition coefficient (Wildman–Crippen LogP) is 4.19. The zero-order valence-electron chi connectivity index (χ0n) is 18.2. The predicted molar refractivity (Wildman–Crippen MR) is 124 cm³/mol. The average molecular weight is 442 g/mol. The van der Waals surface area contributed by atoms with E-state index in [1.807, 2.05) is 59.2 Å². The molecule has 33 heavy (non-hydrogen) atoms. The summed E-state index contributed by atoms with van der Waals surface area (Å²) in [6.45, 7) is 3.38. The molecule has 0 atom stereocenters. The van der Waals surface area contributed by atoms with Crippen LogP contribution in [0.3, 0.4) is 0 Å². The van der Waals surface area contributed by atoms with Crippen molar-refractivity contribution in [1.82, 2.24) is 4.57 Å². The normalized spacial score (nSPS) is 10.7. The SMILES string of the molecule is CC(=O)OOc1cccc2c1c(C(=O)C(N)=O)c(C)n2Cc1cccc(-c2ccccc2)c1. The Bertz CT molecular complexity index is 1370. The highest BCUT2D eigenvalue weighted by Crippen LogP contribution is 2.35. The fraction of sp³-hybridized carbons (Fsp3) is 0.115. The topological polar surface area (TPSA) is 101 Å². The summed E-state index contributed by atoms with van der Waals surface area (Å²) in [5.41, 5.74) is 9.80. The molecule has 0 aliphatic carbocycles. The number of carbonyl (C=O) groups excluding carboxylic acids is 3. The standard InChI is InChI=1S/C26H22N2O5/c1-16-23(25(30)26(27)31)24-21(12-7-13-22(24)33-32-17(2)29)28(16)15-18-8-6-11-20(14-18)19-9-4-3-5-10-19/h3-14H,15H2,1-2H3,(H2,27,31). The number of ketones is 1. The molecule has 0 aliphatic rings. The second-order valence-corrected chi connectivity index (χ2v) is 7.61. The number of primary amides is 1. The molecule has 4 aromatic rings. The van der Waals surface area contributed by atoms with Gasteiger partial charge in [0, 0.05) is 19.2 Å². The Hall–Kier alpha value is -4.39. The number of Topliss-reactive ketones (excluding diaryl/α,β-unsaturated/α-hetero) is 1. The van der Waals surface area contributed by atoms with Crippen molar-refractivity contribution in [2.24, 2.45) is 5.73 Å². The summed E-state index contributed by atoms with van der Waals surface area (Å²) >= 11 is 0. The lowest BCUT2D eigenvalue weighted by atomic mass is 10.0. The summed E-state index contributed by atoms with van der Waals surface area (Å²) in [6.07, 6.45) is 0. The molecule has 1 amide bonds. The smallest absolute Gasteiger partial charge is 0.352 e. The van der Waals surface area contributed by atoms with Gasteiger partial charge in [-0.25, -0.2) is 4.79 Å². The lowest BCUT2D eigenvalue weighted by Crippen LogP contribution is -2.24. The van der Waals surface area contributed by atoms with Crippen molar-refractivity contribution in [3.8, 4) is 16.9 Å². The third-order valence-corrected chi connectivity index (χ3v) is 5.39. The summed E-state index contributed by atoms with van der Waals surface area (Å²) in [6, 6.07) is 23.2. The van der Waals surface area contributed by atoms with Gasteiger partial charge in [-0.1, -0.05) is 54.6 Å². The van der Waals surface area contributed by atoms with Crippen molar-refractivity contribution >= 4 is 28.6 Å². The fourth-order valence-corrected chi connectivity index (χ4v) is 3.93. The lowest BCUT2D eigenvalue weighted by Gasteiger charge is -2.11. The quantitative estimate of drug-likeness (QED) is 0.200. The van der Waals surface area contributed by atoms with E-state index in [1.54, 1.807) is 19.1 Å². The van der Waals surface area contributed by atoms with Crippen molar-refractivity contribution < 1.29 is 24.2 Å². The van der Waals surface area contributed by atoms with Gasteiger partial charge in [0.25, 0.3) is 11.7 Å². The van der Waals surface area contributed by atoms with Gasteiger partial charge in [-0.2, -0.15) is 0 Å². The van der Waals surface area contributed by atoms with Gasteiger partial charge in [-0.15, -0.1) is 0 Å². The first-order chi connectivity index (χ1) is 15.9. The van der Waals surface area contributed by atoms with E-state index in [1.165, 1.54) is 6.92 Å². The van der Waals surface area contributed by atoms with E-state index in [-0.39, 0.29) is 11.3 Å². The molecule has 0 saturated carbocycles. The first-order valence-electron chi connectivity index (χ1n) is 10.3. The molecule has 0 radical (unpaired) electrons. The molecule has 2 N–H and O–H groups in total. The van der Waals surface area contributed by atoms with Gasteiger partial charge < -0.3 is 10.3 Å². The summed E-state index contributed by atoms with van der Waals surface area (Å²) in [7, 11) is 0. The molecule has 7 heteroatoms. The number of benzene rings is 3. The molecule has 0 saturated heterocycles. The van der Waals surface area contributed by atoms with Gasteiger partial charge in [0.2, 0.25) is 0 Å². The second kappa shape index (κ2) is 9.00. The van der Waals surface area contributed by atoms with Gasteiger partial charge in [0.15, 0.2) is 5.75 Å². The Balaban J connectivity index is 1.84. The number of aromatic nitrogens is 1. The minimum Gasteiger partial charge on any atom is -0.363 e. The van der Waals surface area contributed by atoms with Crippen molar-refractivity contribution in [1.29, 1.82) is 0 Å². The zero-order chi connectivity index (χ0) is 23.5. The maximum absolute atomic E-state index is 12.7. The largest absolute Gasteiger partial charge is 0.363 e. The molecular weight excluding hydrogens is 420 g/mol. The summed E-state index contributed by atoms with van der Waals surface area (Å²) in [4.78, 5) is 45.6. The summed E-state index contributed by atoms with van der Waals surface area (Å²) in [5, 5.41) is 0.360. The van der Waals surface area contributed by atoms with Gasteiger partial charge in [0.05, 0.1) is 16.5 Å². The Kier molecular flexibility index (Phi) is 5.95. The van der Waals surface area contributed by atoms with Crippen molar-refractivity contribution in [2.75, 3.05) is 0 Å². The van der Waals surface area contributed by atoms with Crippen LogP contribution >= 0.6 is 0 Å². The molecule has 166 valence electrons. The monoisotopic (exact) mass is 442 g/mol. The first-order valence-corrected chi connectivity index (χ1v) is 10.3. The molecule has 0 fully saturated rings. The Morgan fingerprint density at radius 3 is 2.30 bits per heavy atom. The van der Waals surface area contributed by atoms with E-state index in [0.29, 0.717) is 23.1 Å². The molecule has 0 bridgehead atoms. The maximum Gasteiger partial charge on any atom is 0.352 e. The third kappa shape index (κ3) is 4.34. The lowest BCUT2D eigenvalue weighted by molar-refractivity contribution is -0.210. The van der Waals surface area contributed by atoms with Gasteiger partial charge in [-0.05, 0) is 41.8 Å². The van der Waals surface area contributed by atoms with Crippen LogP contribution in [0.25, 0.3) is 22.0 Å². The van der Waals surface area contributed by atoms with Crippen LogP contribution in [0.2, 0.25) is 0 Å². The van der Waals surface area contributed by atoms with Crippen molar-refractivity contribution in [3.05, 3.63) is 89.6 Å². The van der Waals surface area contributed by atoms with Crippen LogP contribution < -0.4 is 10.6 Å². The van der Waals surface area contributed by atoms with Crippen molar-refractivity contribution in [2.45, 2.75) is 20.4 Å². The highest BCUT2D eigenvalue weighted by molar-refractivity contribution is 6.45. The molecule has 0 aliphatic heterocycles. The number of amides is 1. The Morgan fingerprint density at radius 2 is 1.61 bits per heavy atom. The second-order valence-electron chi connectivity index (χ2n) is 7.61. The molecule has 0 unspecified atom stereocenters. The number of hydrogen-bond donors (Lipinski definition) is 1. The highest BCUT2D eigenvalue weighted by atomic mass is 17.2. The van der Waals surface area contributed by atoms with Gasteiger partial charge in [-0.3, -0.25) is 19.4 Å². The van der Waals surface area contributed by atoms with E-state index < -0.39 is 17.7 Å². The molecule has 1 aromatic heterocycles. The Morgan fingerprint density at radius 1 is 0.909 bits per heavy atom. The van der Waals surface area contributed by atoms with Crippen LogP contribution in [0.5, 0.6) is 5.75 Å². The van der Waals surface area contributed by atoms with Crippen LogP contribution in [0, 0.1) is 6.92 Å². The maximum atomic E-state index is 12.7.